The average Bonchev–Trinajstić information content (AvgIpc) is 2.91. The molecule has 6 nitrogen and oxygen atoms in total. The van der Waals surface area contributed by atoms with E-state index in [1.54, 1.807) is 12.1 Å². The Morgan fingerprint density at radius 2 is 2.08 bits per heavy atom. The summed E-state index contributed by atoms with van der Waals surface area (Å²) in [6.45, 7) is 5.89. The van der Waals surface area contributed by atoms with E-state index < -0.39 is 0 Å². The van der Waals surface area contributed by atoms with Crippen LogP contribution >= 0.6 is 0 Å². The molecule has 128 valence electrons. The Hall–Kier alpha value is -2.34. The van der Waals surface area contributed by atoms with Gasteiger partial charge in [-0.3, -0.25) is 4.79 Å². The highest BCUT2D eigenvalue weighted by molar-refractivity contribution is 5.79. The first kappa shape index (κ1) is 16.5. The normalized spacial score (nSPS) is 15.4. The zero-order valence-electron chi connectivity index (χ0n) is 14.1. The van der Waals surface area contributed by atoms with Crippen molar-refractivity contribution in [2.75, 3.05) is 13.1 Å². The maximum absolute atomic E-state index is 12.3. The number of aryl methyl sites for hydroxylation is 2. The number of phenolic OH excluding ortho intramolecular Hbond substituents is 1. The second kappa shape index (κ2) is 7.05. The Labute approximate surface area is 141 Å². The summed E-state index contributed by atoms with van der Waals surface area (Å²) in [7, 11) is 0. The first-order chi connectivity index (χ1) is 11.5. The molecule has 1 fully saturated rings. The first-order valence-corrected chi connectivity index (χ1v) is 8.29. The van der Waals surface area contributed by atoms with Crippen LogP contribution in [0, 0.1) is 19.8 Å². The van der Waals surface area contributed by atoms with Gasteiger partial charge in [-0.15, -0.1) is 0 Å². The molecule has 1 aliphatic rings. The maximum Gasteiger partial charge on any atom is 0.223 e. The number of carbonyl (C=O) groups is 1. The van der Waals surface area contributed by atoms with Crippen LogP contribution < -0.4 is 10.6 Å². The number of aromatic nitrogens is 1. The molecular weight excluding hydrogens is 306 g/mol. The second-order valence-electron chi connectivity index (χ2n) is 6.33. The zero-order valence-corrected chi connectivity index (χ0v) is 14.1. The molecule has 0 saturated carbocycles. The van der Waals surface area contributed by atoms with Gasteiger partial charge in [-0.1, -0.05) is 5.16 Å². The van der Waals surface area contributed by atoms with Gasteiger partial charge >= 0.3 is 0 Å². The van der Waals surface area contributed by atoms with Crippen molar-refractivity contribution in [2.45, 2.75) is 33.2 Å². The van der Waals surface area contributed by atoms with Crippen LogP contribution in [0.15, 0.2) is 22.7 Å². The van der Waals surface area contributed by atoms with Crippen molar-refractivity contribution in [1.82, 2.24) is 15.8 Å². The van der Waals surface area contributed by atoms with Gasteiger partial charge in [-0.25, -0.2) is 0 Å². The van der Waals surface area contributed by atoms with Gasteiger partial charge in [0.25, 0.3) is 0 Å². The summed E-state index contributed by atoms with van der Waals surface area (Å²) in [6, 6.07) is 5.31. The molecular formula is C18H23N3O3. The van der Waals surface area contributed by atoms with E-state index in [1.165, 1.54) is 0 Å². The third-order valence-corrected chi connectivity index (χ3v) is 4.48. The topological polar surface area (TPSA) is 87.4 Å². The van der Waals surface area contributed by atoms with Gasteiger partial charge in [-0.2, -0.15) is 0 Å². The van der Waals surface area contributed by atoms with Gasteiger partial charge in [0, 0.05) is 18.0 Å². The van der Waals surface area contributed by atoms with Crippen molar-refractivity contribution < 1.29 is 14.4 Å². The highest BCUT2D eigenvalue weighted by Crippen LogP contribution is 2.30. The maximum atomic E-state index is 12.3. The summed E-state index contributed by atoms with van der Waals surface area (Å²) in [4.78, 5) is 12.3. The number of nitrogens with zero attached hydrogens (tertiary/aromatic N) is 1. The lowest BCUT2D eigenvalue weighted by Gasteiger charge is -2.21. The van der Waals surface area contributed by atoms with Crippen LogP contribution in [0.4, 0.5) is 0 Å². The molecule has 1 aliphatic heterocycles. The number of amides is 1. The minimum atomic E-state index is 0.0746. The van der Waals surface area contributed by atoms with E-state index in [4.69, 9.17) is 4.52 Å². The third kappa shape index (κ3) is 3.59. The van der Waals surface area contributed by atoms with Crippen LogP contribution in [0.2, 0.25) is 0 Å². The standard InChI is InChI=1S/C18H23N3O3/c1-11-17(12(2)24-21-11)15-7-13(8-16(22)9-15)10-20-18(23)14-3-5-19-6-4-14/h7-9,14,19,22H,3-6,10H2,1-2H3,(H,20,23). The SMILES string of the molecule is Cc1noc(C)c1-c1cc(O)cc(CNC(=O)C2CCNCC2)c1. The number of nitrogens with one attached hydrogen (secondary N) is 2. The van der Waals surface area contributed by atoms with Crippen molar-refractivity contribution in [3.05, 3.63) is 35.2 Å². The molecule has 0 radical (unpaired) electrons. The first-order valence-electron chi connectivity index (χ1n) is 8.29. The van der Waals surface area contributed by atoms with E-state index in [1.807, 2.05) is 19.9 Å². The van der Waals surface area contributed by atoms with Gasteiger partial charge in [0.15, 0.2) is 0 Å². The third-order valence-electron chi connectivity index (χ3n) is 4.48. The molecule has 0 unspecified atom stereocenters. The fourth-order valence-electron chi connectivity index (χ4n) is 3.23. The van der Waals surface area contributed by atoms with Gasteiger partial charge in [-0.05, 0) is 69.1 Å². The summed E-state index contributed by atoms with van der Waals surface area (Å²) in [6.07, 6.45) is 1.74. The van der Waals surface area contributed by atoms with Gasteiger partial charge < -0.3 is 20.3 Å². The predicted octanol–water partition coefficient (Wildman–Crippen LogP) is 2.28. The van der Waals surface area contributed by atoms with Crippen molar-refractivity contribution in [3.63, 3.8) is 0 Å². The molecule has 2 heterocycles. The quantitative estimate of drug-likeness (QED) is 0.801. The molecule has 2 aromatic rings. The molecule has 1 aromatic carbocycles. The number of aromatic hydroxyl groups is 1. The summed E-state index contributed by atoms with van der Waals surface area (Å²) in [5, 5.41) is 20.2. The number of rotatable bonds is 4. The summed E-state index contributed by atoms with van der Waals surface area (Å²) >= 11 is 0. The molecule has 1 aromatic heterocycles. The van der Waals surface area contributed by atoms with Crippen molar-refractivity contribution in [3.8, 4) is 16.9 Å². The summed E-state index contributed by atoms with van der Waals surface area (Å²) in [5.41, 5.74) is 3.37. The molecule has 1 saturated heterocycles. The molecule has 0 atom stereocenters. The van der Waals surface area contributed by atoms with Crippen LogP contribution in [0.5, 0.6) is 5.75 Å². The fraction of sp³-hybridized carbons (Fsp3) is 0.444. The van der Waals surface area contributed by atoms with Crippen LogP contribution in [-0.2, 0) is 11.3 Å². The number of phenols is 1. The van der Waals surface area contributed by atoms with Crippen molar-refractivity contribution in [1.29, 1.82) is 0 Å². The van der Waals surface area contributed by atoms with Crippen LogP contribution in [0.3, 0.4) is 0 Å². The average molecular weight is 329 g/mol. The Balaban J connectivity index is 1.73. The number of piperidine rings is 1. The van der Waals surface area contributed by atoms with Crippen molar-refractivity contribution >= 4 is 5.91 Å². The van der Waals surface area contributed by atoms with E-state index in [2.05, 4.69) is 15.8 Å². The van der Waals surface area contributed by atoms with Gasteiger partial charge in [0.2, 0.25) is 5.91 Å². The van der Waals surface area contributed by atoms with Gasteiger partial charge in [0.1, 0.15) is 11.5 Å². The number of benzene rings is 1. The molecule has 0 bridgehead atoms. The van der Waals surface area contributed by atoms with E-state index in [0.717, 1.165) is 48.3 Å². The smallest absolute Gasteiger partial charge is 0.223 e. The van der Waals surface area contributed by atoms with Crippen LogP contribution in [0.1, 0.15) is 29.9 Å². The largest absolute Gasteiger partial charge is 0.508 e. The predicted molar refractivity (Wildman–Crippen MR) is 90.5 cm³/mol. The number of carbonyl (C=O) groups excluding carboxylic acids is 1. The monoisotopic (exact) mass is 329 g/mol. The Bertz CT molecular complexity index is 714. The highest BCUT2D eigenvalue weighted by Gasteiger charge is 2.20. The molecule has 6 heteroatoms. The van der Waals surface area contributed by atoms with Crippen LogP contribution in [-0.4, -0.2) is 29.3 Å². The lowest BCUT2D eigenvalue weighted by molar-refractivity contribution is -0.125. The van der Waals surface area contributed by atoms with E-state index in [9.17, 15) is 9.90 Å². The molecule has 0 aliphatic carbocycles. The zero-order chi connectivity index (χ0) is 17.1. The van der Waals surface area contributed by atoms with Gasteiger partial charge in [0.05, 0.1) is 5.69 Å². The minimum Gasteiger partial charge on any atom is -0.508 e. The van der Waals surface area contributed by atoms with E-state index >= 15 is 0 Å². The lowest BCUT2D eigenvalue weighted by Crippen LogP contribution is -2.37. The minimum absolute atomic E-state index is 0.0746. The van der Waals surface area contributed by atoms with Crippen molar-refractivity contribution in [2.24, 2.45) is 5.92 Å². The second-order valence-corrected chi connectivity index (χ2v) is 6.33. The highest BCUT2D eigenvalue weighted by atomic mass is 16.5. The summed E-state index contributed by atoms with van der Waals surface area (Å²) < 4.78 is 5.20. The Morgan fingerprint density at radius 3 is 2.75 bits per heavy atom. The molecule has 0 spiro atoms. The van der Waals surface area contributed by atoms with Crippen LogP contribution in [0.25, 0.3) is 11.1 Å². The molecule has 24 heavy (non-hydrogen) atoms. The fourth-order valence-corrected chi connectivity index (χ4v) is 3.23. The molecule has 1 amide bonds. The Morgan fingerprint density at radius 1 is 1.33 bits per heavy atom. The molecule has 3 N–H and O–H groups in total. The molecule has 3 rings (SSSR count). The number of hydrogen-bond acceptors (Lipinski definition) is 5. The Kier molecular flexibility index (Phi) is 4.85. The lowest BCUT2D eigenvalue weighted by atomic mass is 9.97. The van der Waals surface area contributed by atoms with E-state index in [0.29, 0.717) is 12.3 Å². The summed E-state index contributed by atoms with van der Waals surface area (Å²) in [5.74, 6) is 1.03. The van der Waals surface area contributed by atoms with E-state index in [-0.39, 0.29) is 17.6 Å². The number of hydrogen-bond donors (Lipinski definition) is 3.